The number of hydrogen-bond donors (Lipinski definition) is 0. The molecule has 31 heavy (non-hydrogen) atoms. The van der Waals surface area contributed by atoms with Crippen LogP contribution in [0.5, 0.6) is 11.5 Å². The summed E-state index contributed by atoms with van der Waals surface area (Å²) in [5, 5.41) is 0. The lowest BCUT2D eigenvalue weighted by molar-refractivity contribution is 0.0612. The smallest absolute Gasteiger partial charge is 0.257 e. The van der Waals surface area contributed by atoms with Gasteiger partial charge in [0.1, 0.15) is 18.1 Å². The lowest BCUT2D eigenvalue weighted by Gasteiger charge is -2.31. The highest BCUT2D eigenvalue weighted by atomic mass is 16.5. The third-order valence-electron chi connectivity index (χ3n) is 6.09. The van der Waals surface area contributed by atoms with Crippen molar-refractivity contribution < 1.29 is 23.8 Å². The van der Waals surface area contributed by atoms with E-state index in [0.29, 0.717) is 49.4 Å². The van der Waals surface area contributed by atoms with E-state index >= 15 is 0 Å². The summed E-state index contributed by atoms with van der Waals surface area (Å²) in [5.74, 6) is 1.36. The van der Waals surface area contributed by atoms with E-state index in [1.54, 1.807) is 31.4 Å². The normalized spacial score (nSPS) is 19.3. The Hall–Kier alpha value is -2.86. The highest BCUT2D eigenvalue weighted by Crippen LogP contribution is 2.27. The number of benzene rings is 2. The van der Waals surface area contributed by atoms with Crippen molar-refractivity contribution >= 4 is 11.7 Å². The zero-order chi connectivity index (χ0) is 21.6. The fourth-order valence-electron chi connectivity index (χ4n) is 4.23. The second kappa shape index (κ2) is 9.96. The molecule has 1 amide bonds. The van der Waals surface area contributed by atoms with Crippen molar-refractivity contribution in [2.75, 3.05) is 33.4 Å². The number of carbonyl (C=O) groups excluding carboxylic acids is 2. The molecule has 0 aliphatic carbocycles. The Morgan fingerprint density at radius 3 is 2.45 bits per heavy atom. The highest BCUT2D eigenvalue weighted by Gasteiger charge is 2.29. The van der Waals surface area contributed by atoms with Gasteiger partial charge in [-0.25, -0.2) is 0 Å². The number of ether oxygens (including phenoxy) is 3. The molecule has 0 spiro atoms. The monoisotopic (exact) mass is 423 g/mol. The van der Waals surface area contributed by atoms with Crippen LogP contribution < -0.4 is 9.47 Å². The number of likely N-dealkylation sites (tertiary alicyclic amines) is 1. The van der Waals surface area contributed by atoms with Crippen LogP contribution in [-0.2, 0) is 4.74 Å². The SMILES string of the molecule is COc1ccc(C(=O)C2CCN(C(=O)c3ccccc3OCC3CCCO3)CC2)cc1. The van der Waals surface area contributed by atoms with Crippen LogP contribution in [0.25, 0.3) is 0 Å². The number of Topliss-reactive ketones (excluding diaryl/α,β-unsaturated/α-hetero) is 1. The number of methoxy groups -OCH3 is 1. The summed E-state index contributed by atoms with van der Waals surface area (Å²) in [6, 6.07) is 14.6. The fraction of sp³-hybridized carbons (Fsp3) is 0.440. The molecule has 0 bridgehead atoms. The molecule has 6 nitrogen and oxygen atoms in total. The van der Waals surface area contributed by atoms with Crippen molar-refractivity contribution in [3.63, 3.8) is 0 Å². The average molecular weight is 424 g/mol. The van der Waals surface area contributed by atoms with E-state index in [0.717, 1.165) is 25.2 Å². The van der Waals surface area contributed by atoms with Crippen LogP contribution in [0.4, 0.5) is 0 Å². The Morgan fingerprint density at radius 1 is 1.03 bits per heavy atom. The maximum atomic E-state index is 13.1. The number of amides is 1. The van der Waals surface area contributed by atoms with Crippen molar-refractivity contribution in [3.05, 3.63) is 59.7 Å². The van der Waals surface area contributed by atoms with Gasteiger partial charge in [0, 0.05) is 31.2 Å². The molecule has 2 heterocycles. The van der Waals surface area contributed by atoms with Crippen LogP contribution in [0.3, 0.4) is 0 Å². The van der Waals surface area contributed by atoms with Crippen LogP contribution in [0.15, 0.2) is 48.5 Å². The molecule has 2 aromatic carbocycles. The Bertz CT molecular complexity index is 896. The third-order valence-corrected chi connectivity index (χ3v) is 6.09. The highest BCUT2D eigenvalue weighted by molar-refractivity contribution is 5.99. The Kier molecular flexibility index (Phi) is 6.87. The molecule has 6 heteroatoms. The van der Waals surface area contributed by atoms with Crippen LogP contribution >= 0.6 is 0 Å². The molecular formula is C25H29NO5. The molecule has 1 atom stereocenters. The fourth-order valence-corrected chi connectivity index (χ4v) is 4.23. The first-order valence-corrected chi connectivity index (χ1v) is 11.0. The number of hydrogen-bond acceptors (Lipinski definition) is 5. The van der Waals surface area contributed by atoms with Gasteiger partial charge < -0.3 is 19.1 Å². The minimum atomic E-state index is -0.0662. The maximum absolute atomic E-state index is 13.1. The van der Waals surface area contributed by atoms with Crippen molar-refractivity contribution in [2.45, 2.75) is 31.8 Å². The summed E-state index contributed by atoms with van der Waals surface area (Å²) in [4.78, 5) is 27.8. The first-order chi connectivity index (χ1) is 15.2. The van der Waals surface area contributed by atoms with Crippen molar-refractivity contribution in [3.8, 4) is 11.5 Å². The van der Waals surface area contributed by atoms with Gasteiger partial charge in [0.15, 0.2) is 5.78 Å². The quantitative estimate of drug-likeness (QED) is 0.630. The number of rotatable bonds is 7. The molecule has 0 N–H and O–H groups in total. The lowest BCUT2D eigenvalue weighted by Crippen LogP contribution is -2.40. The summed E-state index contributed by atoms with van der Waals surface area (Å²) < 4.78 is 16.7. The zero-order valence-corrected chi connectivity index (χ0v) is 17.9. The van der Waals surface area contributed by atoms with E-state index in [1.807, 2.05) is 29.2 Å². The molecule has 1 unspecified atom stereocenters. The number of para-hydroxylation sites is 1. The summed E-state index contributed by atoms with van der Waals surface area (Å²) in [6.07, 6.45) is 3.47. The largest absolute Gasteiger partial charge is 0.497 e. The van der Waals surface area contributed by atoms with E-state index in [1.165, 1.54) is 0 Å². The molecule has 0 aromatic heterocycles. The topological polar surface area (TPSA) is 65.1 Å². The Morgan fingerprint density at radius 2 is 1.77 bits per heavy atom. The molecule has 2 aliphatic rings. The summed E-state index contributed by atoms with van der Waals surface area (Å²) in [7, 11) is 1.61. The van der Waals surface area contributed by atoms with Gasteiger partial charge in [-0.1, -0.05) is 12.1 Å². The van der Waals surface area contributed by atoms with Gasteiger partial charge in [0.05, 0.1) is 18.8 Å². The van der Waals surface area contributed by atoms with Crippen molar-refractivity contribution in [1.29, 1.82) is 0 Å². The molecule has 2 aromatic rings. The van der Waals surface area contributed by atoms with Crippen molar-refractivity contribution in [2.24, 2.45) is 5.92 Å². The van der Waals surface area contributed by atoms with Crippen LogP contribution in [0.1, 0.15) is 46.4 Å². The molecule has 2 aliphatic heterocycles. The molecule has 2 fully saturated rings. The standard InChI is InChI=1S/C25H29NO5/c1-29-20-10-8-18(9-11-20)24(27)19-12-14-26(15-13-19)25(28)22-6-2-3-7-23(22)31-17-21-5-4-16-30-21/h2-3,6-11,19,21H,4-5,12-17H2,1H3. The first-order valence-electron chi connectivity index (χ1n) is 11.0. The molecule has 4 rings (SSSR count). The molecule has 164 valence electrons. The van der Waals surface area contributed by atoms with Gasteiger partial charge >= 0.3 is 0 Å². The summed E-state index contributed by atoms with van der Waals surface area (Å²) >= 11 is 0. The van der Waals surface area contributed by atoms with Gasteiger partial charge in [0.2, 0.25) is 0 Å². The third kappa shape index (κ3) is 5.07. The van der Waals surface area contributed by atoms with Gasteiger partial charge in [-0.15, -0.1) is 0 Å². The van der Waals surface area contributed by atoms with Crippen LogP contribution in [-0.4, -0.2) is 56.1 Å². The minimum absolute atomic E-state index is 0.0433. The predicted octanol–water partition coefficient (Wildman–Crippen LogP) is 3.99. The van der Waals surface area contributed by atoms with Crippen LogP contribution in [0, 0.1) is 5.92 Å². The maximum Gasteiger partial charge on any atom is 0.257 e. The number of piperidine rings is 1. The molecular weight excluding hydrogens is 394 g/mol. The van der Waals surface area contributed by atoms with Crippen LogP contribution in [0.2, 0.25) is 0 Å². The van der Waals surface area contributed by atoms with Gasteiger partial charge in [-0.3, -0.25) is 9.59 Å². The minimum Gasteiger partial charge on any atom is -0.497 e. The molecule has 0 saturated carbocycles. The Labute approximate surface area is 183 Å². The average Bonchev–Trinajstić information content (AvgIpc) is 3.36. The van der Waals surface area contributed by atoms with E-state index in [2.05, 4.69) is 0 Å². The second-order valence-electron chi connectivity index (χ2n) is 8.10. The second-order valence-corrected chi connectivity index (χ2v) is 8.10. The number of nitrogens with zero attached hydrogens (tertiary/aromatic N) is 1. The molecule has 0 radical (unpaired) electrons. The summed E-state index contributed by atoms with van der Waals surface area (Å²) in [5.41, 5.74) is 1.26. The Balaban J connectivity index is 1.35. The zero-order valence-electron chi connectivity index (χ0n) is 17.9. The summed E-state index contributed by atoms with van der Waals surface area (Å²) in [6.45, 7) is 2.36. The molecule has 2 saturated heterocycles. The van der Waals surface area contributed by atoms with E-state index in [9.17, 15) is 9.59 Å². The van der Waals surface area contributed by atoms with E-state index in [-0.39, 0.29) is 23.7 Å². The number of ketones is 1. The first kappa shape index (κ1) is 21.4. The van der Waals surface area contributed by atoms with E-state index < -0.39 is 0 Å². The van der Waals surface area contributed by atoms with Gasteiger partial charge in [0.25, 0.3) is 5.91 Å². The predicted molar refractivity (Wildman–Crippen MR) is 117 cm³/mol. The van der Waals surface area contributed by atoms with Gasteiger partial charge in [-0.05, 0) is 62.1 Å². The van der Waals surface area contributed by atoms with E-state index in [4.69, 9.17) is 14.2 Å². The number of carbonyl (C=O) groups is 2. The lowest BCUT2D eigenvalue weighted by atomic mass is 9.88. The van der Waals surface area contributed by atoms with Gasteiger partial charge in [-0.2, -0.15) is 0 Å². The van der Waals surface area contributed by atoms with Crippen molar-refractivity contribution in [1.82, 2.24) is 4.90 Å².